The number of halogens is 2. The van der Waals surface area contributed by atoms with Crippen LogP contribution >= 0.6 is 0 Å². The van der Waals surface area contributed by atoms with Crippen LogP contribution in [0.15, 0.2) is 30.6 Å². The van der Waals surface area contributed by atoms with E-state index in [9.17, 15) is 14.3 Å². The number of carbonyl (C=O) groups is 1. The molecule has 6 nitrogen and oxygen atoms in total. The summed E-state index contributed by atoms with van der Waals surface area (Å²) in [6.45, 7) is 1.60. The average Bonchev–Trinajstić information content (AvgIpc) is 3.63. The smallest absolute Gasteiger partial charge is 0.341 e. The lowest BCUT2D eigenvalue weighted by atomic mass is 9.79. The highest BCUT2D eigenvalue weighted by Gasteiger charge is 2.50. The number of methoxy groups -OCH3 is 1. The molecular weight excluding hydrogens is 430 g/mol. The normalized spacial score (nSPS) is 23.4. The first kappa shape index (κ1) is 23.4. The standard InChI is InChI=1S/C25H30F2N2O4/c1-25(27,24(30)31)23(17-7-8-17)18-9-10-28-22(11-18)33-14-15-3-5-16(6-4-15)19-12-21(32-2)29-13-20(19)26/h9-13,15-17,23H,3-8,14H2,1-2H3,(H,30,31)/t15-,16-,23?,25?. The van der Waals surface area contributed by atoms with Crippen LogP contribution in [0, 0.1) is 17.7 Å². The molecule has 2 heterocycles. The molecule has 2 fully saturated rings. The van der Waals surface area contributed by atoms with Crippen molar-refractivity contribution in [3.63, 3.8) is 0 Å². The molecule has 2 unspecified atom stereocenters. The molecular formula is C25H30F2N2O4. The molecule has 4 rings (SSSR count). The largest absolute Gasteiger partial charge is 0.481 e. The van der Waals surface area contributed by atoms with Crippen molar-refractivity contribution in [1.82, 2.24) is 9.97 Å². The number of carboxylic acids is 1. The second kappa shape index (κ2) is 9.61. The number of hydrogen-bond donors (Lipinski definition) is 1. The molecule has 33 heavy (non-hydrogen) atoms. The van der Waals surface area contributed by atoms with Gasteiger partial charge in [0.25, 0.3) is 0 Å². The van der Waals surface area contributed by atoms with E-state index in [1.54, 1.807) is 24.4 Å². The van der Waals surface area contributed by atoms with Gasteiger partial charge in [-0.25, -0.2) is 23.5 Å². The van der Waals surface area contributed by atoms with E-state index in [0.717, 1.165) is 45.4 Å². The van der Waals surface area contributed by atoms with Crippen molar-refractivity contribution in [2.45, 2.75) is 63.0 Å². The van der Waals surface area contributed by atoms with E-state index in [4.69, 9.17) is 9.47 Å². The predicted octanol–water partition coefficient (Wildman–Crippen LogP) is 5.28. The molecule has 2 aromatic heterocycles. The van der Waals surface area contributed by atoms with Crippen molar-refractivity contribution in [3.05, 3.63) is 47.5 Å². The van der Waals surface area contributed by atoms with Crippen LogP contribution in [0.2, 0.25) is 0 Å². The van der Waals surface area contributed by atoms with Crippen molar-refractivity contribution in [2.24, 2.45) is 11.8 Å². The summed E-state index contributed by atoms with van der Waals surface area (Å²) in [6.07, 6.45) is 7.87. The second-order valence-electron chi connectivity index (χ2n) is 9.40. The zero-order valence-electron chi connectivity index (χ0n) is 19.0. The molecule has 0 amide bonds. The fraction of sp³-hybridized carbons (Fsp3) is 0.560. The molecule has 2 aromatic rings. The van der Waals surface area contributed by atoms with E-state index in [1.807, 2.05) is 0 Å². The van der Waals surface area contributed by atoms with E-state index in [-0.39, 0.29) is 17.7 Å². The Morgan fingerprint density at radius 3 is 2.55 bits per heavy atom. The molecule has 2 saturated carbocycles. The van der Waals surface area contributed by atoms with Gasteiger partial charge in [-0.3, -0.25) is 0 Å². The molecule has 2 aliphatic carbocycles. The van der Waals surface area contributed by atoms with Crippen molar-refractivity contribution >= 4 is 5.97 Å². The first-order valence-corrected chi connectivity index (χ1v) is 11.5. The van der Waals surface area contributed by atoms with Crippen LogP contribution in [0.1, 0.15) is 68.4 Å². The SMILES string of the molecule is COc1cc([C@H]2CC[C@H](COc3cc(C(C4CC4)C(C)(F)C(=O)O)ccn3)CC2)c(F)cn1. The summed E-state index contributed by atoms with van der Waals surface area (Å²) in [4.78, 5) is 19.7. The van der Waals surface area contributed by atoms with Crippen LogP contribution in [0.25, 0.3) is 0 Å². The van der Waals surface area contributed by atoms with Crippen LogP contribution in [0.5, 0.6) is 11.8 Å². The quantitative estimate of drug-likeness (QED) is 0.548. The van der Waals surface area contributed by atoms with Gasteiger partial charge in [-0.05, 0) is 80.4 Å². The van der Waals surface area contributed by atoms with Crippen molar-refractivity contribution in [2.75, 3.05) is 13.7 Å². The van der Waals surface area contributed by atoms with Crippen molar-refractivity contribution in [1.29, 1.82) is 0 Å². The highest BCUT2D eigenvalue weighted by molar-refractivity contribution is 5.78. The number of nitrogens with zero attached hydrogens (tertiary/aromatic N) is 2. The summed E-state index contributed by atoms with van der Waals surface area (Å²) >= 11 is 0. The van der Waals surface area contributed by atoms with Gasteiger partial charge in [-0.1, -0.05) is 0 Å². The third kappa shape index (κ3) is 5.25. The molecule has 0 saturated heterocycles. The summed E-state index contributed by atoms with van der Waals surface area (Å²) in [6, 6.07) is 5.03. The topological polar surface area (TPSA) is 81.5 Å². The third-order valence-corrected chi connectivity index (χ3v) is 7.04. The van der Waals surface area contributed by atoms with Gasteiger partial charge in [0.05, 0.1) is 19.9 Å². The van der Waals surface area contributed by atoms with Gasteiger partial charge in [0.15, 0.2) is 0 Å². The summed E-state index contributed by atoms with van der Waals surface area (Å²) in [7, 11) is 1.52. The summed E-state index contributed by atoms with van der Waals surface area (Å²) in [5, 5.41) is 9.39. The van der Waals surface area contributed by atoms with E-state index in [2.05, 4.69) is 9.97 Å². The van der Waals surface area contributed by atoms with E-state index < -0.39 is 17.6 Å². The molecule has 178 valence electrons. The average molecular weight is 461 g/mol. The Balaban J connectivity index is 1.36. The maximum Gasteiger partial charge on any atom is 0.341 e. The lowest BCUT2D eigenvalue weighted by Crippen LogP contribution is -2.38. The number of aliphatic carboxylic acids is 1. The van der Waals surface area contributed by atoms with Gasteiger partial charge in [-0.2, -0.15) is 0 Å². The minimum absolute atomic E-state index is 0.0221. The Bertz CT molecular complexity index is 988. The molecule has 0 bridgehead atoms. The van der Waals surface area contributed by atoms with Gasteiger partial charge < -0.3 is 14.6 Å². The van der Waals surface area contributed by atoms with Gasteiger partial charge >= 0.3 is 5.97 Å². The van der Waals surface area contributed by atoms with Crippen molar-refractivity contribution in [3.8, 4) is 11.8 Å². The Hall–Kier alpha value is -2.77. The zero-order chi connectivity index (χ0) is 23.6. The Kier molecular flexibility index (Phi) is 6.81. The lowest BCUT2D eigenvalue weighted by Gasteiger charge is -2.29. The first-order chi connectivity index (χ1) is 15.8. The predicted molar refractivity (Wildman–Crippen MR) is 118 cm³/mol. The van der Waals surface area contributed by atoms with Crippen LogP contribution in [-0.2, 0) is 4.79 Å². The highest BCUT2D eigenvalue weighted by Crippen LogP contribution is 2.50. The van der Waals surface area contributed by atoms with Crippen LogP contribution in [-0.4, -0.2) is 40.4 Å². The molecule has 0 spiro atoms. The first-order valence-electron chi connectivity index (χ1n) is 11.5. The number of rotatable bonds is 9. The molecule has 0 radical (unpaired) electrons. The number of ether oxygens (including phenoxy) is 2. The minimum atomic E-state index is -2.34. The Labute approximate surface area is 192 Å². The molecule has 2 atom stereocenters. The maximum absolute atomic E-state index is 15.0. The number of pyridine rings is 2. The van der Waals surface area contributed by atoms with Crippen LogP contribution in [0.4, 0.5) is 8.78 Å². The Morgan fingerprint density at radius 1 is 1.18 bits per heavy atom. The molecule has 0 aliphatic heterocycles. The molecule has 2 aliphatic rings. The van der Waals surface area contributed by atoms with Crippen LogP contribution < -0.4 is 9.47 Å². The fourth-order valence-electron chi connectivity index (χ4n) is 4.99. The maximum atomic E-state index is 15.0. The molecule has 0 aromatic carbocycles. The lowest BCUT2D eigenvalue weighted by molar-refractivity contribution is -0.151. The molecule has 1 N–H and O–H groups in total. The van der Waals surface area contributed by atoms with E-state index >= 15 is 4.39 Å². The highest BCUT2D eigenvalue weighted by atomic mass is 19.1. The second-order valence-corrected chi connectivity index (χ2v) is 9.40. The monoisotopic (exact) mass is 460 g/mol. The number of hydrogen-bond acceptors (Lipinski definition) is 5. The third-order valence-electron chi connectivity index (χ3n) is 7.04. The zero-order valence-corrected chi connectivity index (χ0v) is 19.0. The van der Waals surface area contributed by atoms with Gasteiger partial charge in [-0.15, -0.1) is 0 Å². The van der Waals surface area contributed by atoms with Gasteiger partial charge in [0.1, 0.15) is 5.82 Å². The fourth-order valence-corrected chi connectivity index (χ4v) is 4.99. The van der Waals surface area contributed by atoms with Gasteiger partial charge in [0.2, 0.25) is 17.4 Å². The summed E-state index contributed by atoms with van der Waals surface area (Å²) < 4.78 is 40.3. The van der Waals surface area contributed by atoms with Crippen molar-refractivity contribution < 1.29 is 28.2 Å². The van der Waals surface area contributed by atoms with E-state index in [1.165, 1.54) is 13.3 Å². The number of alkyl halides is 1. The van der Waals surface area contributed by atoms with Crippen LogP contribution in [0.3, 0.4) is 0 Å². The van der Waals surface area contributed by atoms with E-state index in [0.29, 0.717) is 35.4 Å². The van der Waals surface area contributed by atoms with Gasteiger partial charge in [0, 0.05) is 24.2 Å². The Morgan fingerprint density at radius 2 is 1.91 bits per heavy atom. The summed E-state index contributed by atoms with van der Waals surface area (Å²) in [5.41, 5.74) is -1.08. The summed E-state index contributed by atoms with van der Waals surface area (Å²) in [5.74, 6) is -1.22. The minimum Gasteiger partial charge on any atom is -0.481 e. The number of aromatic nitrogens is 2. The number of carboxylic acid groups (broad SMARTS) is 1. The molecule has 8 heteroatoms.